The minimum absolute atomic E-state index is 0.0171. The SMILES string of the molecule is C[C@H](CCNC(=O)c1cnc(Cc2c(Cl)cccc2Cl)[nH]c1=O)N(C)C. The third-order valence-electron chi connectivity index (χ3n) is 4.23. The second-order valence-electron chi connectivity index (χ2n) is 6.31. The van der Waals surface area contributed by atoms with Crippen molar-refractivity contribution in [3.63, 3.8) is 0 Å². The summed E-state index contributed by atoms with van der Waals surface area (Å²) in [6.45, 7) is 2.55. The third-order valence-corrected chi connectivity index (χ3v) is 4.94. The van der Waals surface area contributed by atoms with Gasteiger partial charge in [0.1, 0.15) is 11.4 Å². The van der Waals surface area contributed by atoms with Crippen LogP contribution in [-0.4, -0.2) is 47.5 Å². The van der Waals surface area contributed by atoms with E-state index >= 15 is 0 Å². The maximum Gasteiger partial charge on any atom is 0.263 e. The van der Waals surface area contributed by atoms with E-state index in [9.17, 15) is 9.59 Å². The summed E-state index contributed by atoms with van der Waals surface area (Å²) in [5.41, 5.74) is 0.168. The summed E-state index contributed by atoms with van der Waals surface area (Å²) in [4.78, 5) is 33.2. The van der Waals surface area contributed by atoms with Gasteiger partial charge in [0.15, 0.2) is 0 Å². The normalized spacial score (nSPS) is 12.2. The van der Waals surface area contributed by atoms with Crippen molar-refractivity contribution in [2.45, 2.75) is 25.8 Å². The van der Waals surface area contributed by atoms with Crippen LogP contribution in [0.4, 0.5) is 0 Å². The molecule has 0 spiro atoms. The predicted octanol–water partition coefficient (Wildman–Crippen LogP) is 2.74. The summed E-state index contributed by atoms with van der Waals surface area (Å²) in [6, 6.07) is 5.51. The number of rotatable bonds is 7. The zero-order valence-corrected chi connectivity index (χ0v) is 16.5. The first-order chi connectivity index (χ1) is 12.3. The quantitative estimate of drug-likeness (QED) is 0.753. The molecule has 2 rings (SSSR count). The zero-order chi connectivity index (χ0) is 19.3. The monoisotopic (exact) mass is 396 g/mol. The topological polar surface area (TPSA) is 78.1 Å². The summed E-state index contributed by atoms with van der Waals surface area (Å²) in [5.74, 6) is -0.0465. The molecule has 0 radical (unpaired) electrons. The van der Waals surface area contributed by atoms with Crippen LogP contribution in [0, 0.1) is 0 Å². The van der Waals surface area contributed by atoms with Crippen molar-refractivity contribution in [2.75, 3.05) is 20.6 Å². The molecule has 0 bridgehead atoms. The van der Waals surface area contributed by atoms with Crippen molar-refractivity contribution in [2.24, 2.45) is 0 Å². The van der Waals surface area contributed by atoms with Gasteiger partial charge in [-0.3, -0.25) is 9.59 Å². The van der Waals surface area contributed by atoms with Crippen LogP contribution in [0.1, 0.15) is 35.1 Å². The molecule has 0 aliphatic carbocycles. The Morgan fingerprint density at radius 3 is 2.54 bits per heavy atom. The number of hydrogen-bond donors (Lipinski definition) is 2. The number of carbonyl (C=O) groups is 1. The third kappa shape index (κ3) is 5.30. The fourth-order valence-electron chi connectivity index (χ4n) is 2.30. The Bertz CT molecular complexity index is 816. The van der Waals surface area contributed by atoms with E-state index in [-0.39, 0.29) is 12.0 Å². The first-order valence-electron chi connectivity index (χ1n) is 8.25. The molecule has 1 aromatic carbocycles. The molecular formula is C18H22Cl2N4O2. The minimum Gasteiger partial charge on any atom is -0.352 e. The highest BCUT2D eigenvalue weighted by molar-refractivity contribution is 6.36. The predicted molar refractivity (Wildman–Crippen MR) is 104 cm³/mol. The maximum absolute atomic E-state index is 12.2. The van der Waals surface area contributed by atoms with Gasteiger partial charge in [-0.2, -0.15) is 0 Å². The Hall–Kier alpha value is -1.89. The molecule has 1 atom stereocenters. The van der Waals surface area contributed by atoms with E-state index in [0.29, 0.717) is 34.0 Å². The van der Waals surface area contributed by atoms with Gasteiger partial charge in [-0.05, 0) is 45.1 Å². The lowest BCUT2D eigenvalue weighted by Crippen LogP contribution is -2.34. The van der Waals surface area contributed by atoms with Crippen molar-refractivity contribution < 1.29 is 4.79 Å². The van der Waals surface area contributed by atoms with Gasteiger partial charge in [0.25, 0.3) is 11.5 Å². The molecule has 6 nitrogen and oxygen atoms in total. The second kappa shape index (κ2) is 9.16. The van der Waals surface area contributed by atoms with Crippen molar-refractivity contribution in [3.8, 4) is 0 Å². The first-order valence-corrected chi connectivity index (χ1v) is 9.01. The molecule has 0 unspecified atom stereocenters. The highest BCUT2D eigenvalue weighted by Gasteiger charge is 2.14. The van der Waals surface area contributed by atoms with Gasteiger partial charge in [0.2, 0.25) is 0 Å². The molecule has 1 heterocycles. The fourth-order valence-corrected chi connectivity index (χ4v) is 2.83. The van der Waals surface area contributed by atoms with E-state index in [0.717, 1.165) is 6.42 Å². The lowest BCUT2D eigenvalue weighted by atomic mass is 10.1. The van der Waals surface area contributed by atoms with E-state index in [4.69, 9.17) is 23.2 Å². The van der Waals surface area contributed by atoms with E-state index in [1.54, 1.807) is 18.2 Å². The van der Waals surface area contributed by atoms with Crippen LogP contribution < -0.4 is 10.9 Å². The number of H-pyrrole nitrogens is 1. The molecule has 0 saturated carbocycles. The summed E-state index contributed by atoms with van der Waals surface area (Å²) >= 11 is 12.3. The summed E-state index contributed by atoms with van der Waals surface area (Å²) in [6.07, 6.45) is 2.34. The highest BCUT2D eigenvalue weighted by atomic mass is 35.5. The molecule has 140 valence electrons. The van der Waals surface area contributed by atoms with Crippen LogP contribution in [0.3, 0.4) is 0 Å². The number of halogens is 2. The van der Waals surface area contributed by atoms with E-state index in [2.05, 4.69) is 27.1 Å². The summed E-state index contributed by atoms with van der Waals surface area (Å²) in [7, 11) is 3.95. The van der Waals surface area contributed by atoms with Crippen LogP contribution in [-0.2, 0) is 6.42 Å². The Morgan fingerprint density at radius 1 is 1.31 bits per heavy atom. The standard InChI is InChI=1S/C18H22Cl2N4O2/c1-11(24(2)3)7-8-21-17(25)13-10-22-16(23-18(13)26)9-12-14(19)5-4-6-15(12)20/h4-6,10-11H,7-9H2,1-3H3,(H,21,25)(H,22,23,26)/t11-/m1/s1. The highest BCUT2D eigenvalue weighted by Crippen LogP contribution is 2.25. The minimum atomic E-state index is -0.490. The van der Waals surface area contributed by atoms with Gasteiger partial charge in [-0.25, -0.2) is 4.98 Å². The number of benzene rings is 1. The average molecular weight is 397 g/mol. The van der Waals surface area contributed by atoms with Crippen LogP contribution in [0.5, 0.6) is 0 Å². The smallest absolute Gasteiger partial charge is 0.263 e. The molecule has 0 fully saturated rings. The Morgan fingerprint density at radius 2 is 1.96 bits per heavy atom. The van der Waals surface area contributed by atoms with E-state index in [1.807, 2.05) is 14.1 Å². The second-order valence-corrected chi connectivity index (χ2v) is 7.12. The number of nitrogens with zero attached hydrogens (tertiary/aromatic N) is 2. The van der Waals surface area contributed by atoms with Crippen molar-refractivity contribution in [1.29, 1.82) is 0 Å². The molecule has 2 aromatic rings. The molecule has 0 saturated heterocycles. The summed E-state index contributed by atoms with van der Waals surface area (Å²) in [5, 5.41) is 3.74. The Labute approximate surface area is 162 Å². The van der Waals surface area contributed by atoms with Gasteiger partial charge < -0.3 is 15.2 Å². The maximum atomic E-state index is 12.2. The average Bonchev–Trinajstić information content (AvgIpc) is 2.58. The van der Waals surface area contributed by atoms with Gasteiger partial charge in [0.05, 0.1) is 0 Å². The molecule has 0 aliphatic heterocycles. The lowest BCUT2D eigenvalue weighted by molar-refractivity contribution is 0.0948. The van der Waals surface area contributed by atoms with Crippen molar-refractivity contribution in [1.82, 2.24) is 20.2 Å². The van der Waals surface area contributed by atoms with Crippen molar-refractivity contribution >= 4 is 29.1 Å². The summed E-state index contributed by atoms with van der Waals surface area (Å²) < 4.78 is 0. The Balaban J connectivity index is 2.05. The molecule has 1 aromatic heterocycles. The molecule has 0 aliphatic rings. The molecule has 2 N–H and O–H groups in total. The zero-order valence-electron chi connectivity index (χ0n) is 15.0. The molecule has 1 amide bonds. The van der Waals surface area contributed by atoms with E-state index in [1.165, 1.54) is 6.20 Å². The number of nitrogens with one attached hydrogen (secondary N) is 2. The molecule has 8 heteroatoms. The van der Waals surface area contributed by atoms with Crippen LogP contribution in [0.15, 0.2) is 29.2 Å². The lowest BCUT2D eigenvalue weighted by Gasteiger charge is -2.19. The van der Waals surface area contributed by atoms with Gasteiger partial charge in [-0.1, -0.05) is 29.3 Å². The van der Waals surface area contributed by atoms with Gasteiger partial charge >= 0.3 is 0 Å². The number of aromatic nitrogens is 2. The van der Waals surface area contributed by atoms with Gasteiger partial charge in [0, 0.05) is 35.2 Å². The largest absolute Gasteiger partial charge is 0.352 e. The van der Waals surface area contributed by atoms with Gasteiger partial charge in [-0.15, -0.1) is 0 Å². The number of hydrogen-bond acceptors (Lipinski definition) is 4. The molecular weight excluding hydrogens is 375 g/mol. The van der Waals surface area contributed by atoms with Crippen LogP contribution in [0.2, 0.25) is 10.0 Å². The molecule has 26 heavy (non-hydrogen) atoms. The number of amides is 1. The van der Waals surface area contributed by atoms with Crippen molar-refractivity contribution in [3.05, 3.63) is 61.7 Å². The first kappa shape index (κ1) is 20.4. The van der Waals surface area contributed by atoms with E-state index < -0.39 is 11.5 Å². The number of carbonyl (C=O) groups excluding carboxylic acids is 1. The number of aromatic amines is 1. The van der Waals surface area contributed by atoms with Crippen LogP contribution in [0.25, 0.3) is 0 Å². The van der Waals surface area contributed by atoms with Crippen LogP contribution >= 0.6 is 23.2 Å². The fraction of sp³-hybridized carbons (Fsp3) is 0.389. The Kier molecular flexibility index (Phi) is 7.20.